The maximum Gasteiger partial charge on any atom is 0.223 e. The Balaban J connectivity index is 1.62. The van der Waals surface area contributed by atoms with E-state index in [1.54, 1.807) is 11.3 Å². The van der Waals surface area contributed by atoms with Crippen molar-refractivity contribution in [2.45, 2.75) is 25.9 Å². The molecule has 1 saturated heterocycles. The number of hydrogen-bond donors (Lipinski definition) is 1. The third-order valence-corrected chi connectivity index (χ3v) is 4.85. The predicted molar refractivity (Wildman–Crippen MR) is 91.3 cm³/mol. The quantitative estimate of drug-likeness (QED) is 0.935. The van der Waals surface area contributed by atoms with Crippen LogP contribution in [-0.4, -0.2) is 35.5 Å². The Hall–Kier alpha value is -1.92. The summed E-state index contributed by atoms with van der Waals surface area (Å²) in [4.78, 5) is 20.1. The summed E-state index contributed by atoms with van der Waals surface area (Å²) in [6, 6.07) is 7.75. The molecule has 5 nitrogen and oxygen atoms in total. The van der Waals surface area contributed by atoms with Crippen molar-refractivity contribution in [3.8, 4) is 0 Å². The molecule has 2 aromatic heterocycles. The lowest BCUT2D eigenvalue weighted by atomic mass is 10.1. The maximum absolute atomic E-state index is 12.4. The van der Waals surface area contributed by atoms with Gasteiger partial charge >= 0.3 is 0 Å². The normalized spacial score (nSPS) is 18.1. The van der Waals surface area contributed by atoms with Crippen LogP contribution in [0.4, 0.5) is 5.69 Å². The number of carbonyl (C=O) groups excluding carboxylic acids is 1. The van der Waals surface area contributed by atoms with Gasteiger partial charge < -0.3 is 15.4 Å². The summed E-state index contributed by atoms with van der Waals surface area (Å²) < 4.78 is 5.79. The number of anilines is 1. The minimum absolute atomic E-state index is 0.173. The van der Waals surface area contributed by atoms with E-state index in [1.807, 2.05) is 35.4 Å². The number of nitrogens with two attached hydrogens (primary N) is 1. The van der Waals surface area contributed by atoms with Crippen molar-refractivity contribution in [3.63, 3.8) is 0 Å². The highest BCUT2D eigenvalue weighted by molar-refractivity contribution is 7.09. The topological polar surface area (TPSA) is 68.5 Å². The fraction of sp³-hybridized carbons (Fsp3) is 0.412. The molecular weight excluding hydrogens is 310 g/mol. The molecule has 0 aliphatic carbocycles. The third-order valence-electron chi connectivity index (χ3n) is 3.91. The van der Waals surface area contributed by atoms with E-state index in [2.05, 4.69) is 11.1 Å². The van der Waals surface area contributed by atoms with Gasteiger partial charge in [0.05, 0.1) is 18.8 Å². The Kier molecular flexibility index (Phi) is 4.93. The number of nitrogen functional groups attached to an aromatic ring is 1. The second kappa shape index (κ2) is 7.10. The number of hydrogen-bond acceptors (Lipinski definition) is 5. The molecule has 3 rings (SSSR count). The highest BCUT2D eigenvalue weighted by Crippen LogP contribution is 2.23. The average molecular weight is 331 g/mol. The van der Waals surface area contributed by atoms with Crippen LogP contribution in [0.1, 0.15) is 28.8 Å². The first-order chi connectivity index (χ1) is 11.1. The van der Waals surface area contributed by atoms with Crippen LogP contribution in [-0.2, 0) is 16.0 Å². The summed E-state index contributed by atoms with van der Waals surface area (Å²) in [7, 11) is 0. The average Bonchev–Trinajstić information content (AvgIpc) is 3.05. The van der Waals surface area contributed by atoms with Crippen LogP contribution in [0.25, 0.3) is 0 Å². The van der Waals surface area contributed by atoms with Crippen LogP contribution in [0.2, 0.25) is 0 Å². The van der Waals surface area contributed by atoms with E-state index in [0.29, 0.717) is 31.8 Å². The minimum atomic E-state index is -0.198. The Morgan fingerprint density at radius 1 is 1.52 bits per heavy atom. The van der Waals surface area contributed by atoms with E-state index < -0.39 is 0 Å². The zero-order chi connectivity index (χ0) is 16.2. The number of thiophene rings is 1. The smallest absolute Gasteiger partial charge is 0.223 e. The van der Waals surface area contributed by atoms with Crippen molar-refractivity contribution >= 4 is 22.9 Å². The van der Waals surface area contributed by atoms with Gasteiger partial charge in [-0.2, -0.15) is 0 Å². The lowest BCUT2D eigenvalue weighted by molar-refractivity contribution is -0.139. The van der Waals surface area contributed by atoms with Gasteiger partial charge in [-0.15, -0.1) is 11.3 Å². The van der Waals surface area contributed by atoms with Gasteiger partial charge in [0.25, 0.3) is 0 Å². The van der Waals surface area contributed by atoms with E-state index in [9.17, 15) is 4.79 Å². The highest BCUT2D eigenvalue weighted by Gasteiger charge is 2.26. The van der Waals surface area contributed by atoms with Gasteiger partial charge in [0, 0.05) is 29.2 Å². The van der Waals surface area contributed by atoms with Crippen molar-refractivity contribution in [2.75, 3.05) is 25.4 Å². The Labute approximate surface area is 140 Å². The number of amides is 1. The predicted octanol–water partition coefficient (Wildman–Crippen LogP) is 2.57. The fourth-order valence-corrected chi connectivity index (χ4v) is 3.49. The SMILES string of the molecule is Cc1cc(N)cc([C@@H]2CN(C(=O)CCc3cccs3)CCO2)n1. The monoisotopic (exact) mass is 331 g/mol. The summed E-state index contributed by atoms with van der Waals surface area (Å²) in [6.45, 7) is 3.62. The third kappa shape index (κ3) is 4.09. The number of morpholine rings is 1. The van der Waals surface area contributed by atoms with E-state index in [-0.39, 0.29) is 12.0 Å². The van der Waals surface area contributed by atoms with Gasteiger partial charge in [0.1, 0.15) is 6.10 Å². The highest BCUT2D eigenvalue weighted by atomic mass is 32.1. The summed E-state index contributed by atoms with van der Waals surface area (Å²) in [6.07, 6.45) is 1.14. The van der Waals surface area contributed by atoms with Crippen molar-refractivity contribution in [1.82, 2.24) is 9.88 Å². The van der Waals surface area contributed by atoms with Crippen LogP contribution in [0.5, 0.6) is 0 Å². The number of aryl methyl sites for hydroxylation is 2. The van der Waals surface area contributed by atoms with Gasteiger partial charge in [0.15, 0.2) is 0 Å². The molecule has 0 saturated carbocycles. The van der Waals surface area contributed by atoms with Gasteiger partial charge in [-0.25, -0.2) is 0 Å². The molecule has 3 heterocycles. The lowest BCUT2D eigenvalue weighted by Gasteiger charge is -2.33. The summed E-state index contributed by atoms with van der Waals surface area (Å²) in [5.41, 5.74) is 8.23. The Morgan fingerprint density at radius 2 is 2.39 bits per heavy atom. The number of aromatic nitrogens is 1. The lowest BCUT2D eigenvalue weighted by Crippen LogP contribution is -2.42. The first-order valence-corrected chi connectivity index (χ1v) is 8.65. The van der Waals surface area contributed by atoms with Crippen molar-refractivity contribution in [1.29, 1.82) is 0 Å². The molecule has 1 atom stereocenters. The molecule has 2 aromatic rings. The van der Waals surface area contributed by atoms with E-state index >= 15 is 0 Å². The fourth-order valence-electron chi connectivity index (χ4n) is 2.78. The molecule has 0 spiro atoms. The van der Waals surface area contributed by atoms with Crippen LogP contribution in [0.3, 0.4) is 0 Å². The largest absolute Gasteiger partial charge is 0.399 e. The van der Waals surface area contributed by atoms with Crippen LogP contribution in [0, 0.1) is 6.92 Å². The molecule has 122 valence electrons. The molecule has 0 unspecified atom stereocenters. The van der Waals surface area contributed by atoms with Gasteiger partial charge in [-0.3, -0.25) is 9.78 Å². The Morgan fingerprint density at radius 3 is 3.13 bits per heavy atom. The molecule has 1 amide bonds. The first kappa shape index (κ1) is 16.0. The molecule has 0 radical (unpaired) electrons. The van der Waals surface area contributed by atoms with Gasteiger partial charge in [0.2, 0.25) is 5.91 Å². The second-order valence-corrected chi connectivity index (χ2v) is 6.78. The standard InChI is InChI=1S/C17H21N3O2S/c1-12-9-13(18)10-15(19-12)16-11-20(6-7-22-16)17(21)5-4-14-3-2-8-23-14/h2-3,8-10,16H,4-7,11H2,1H3,(H2,18,19)/t16-/m0/s1. The zero-order valence-corrected chi connectivity index (χ0v) is 14.0. The van der Waals surface area contributed by atoms with Gasteiger partial charge in [-0.1, -0.05) is 6.07 Å². The summed E-state index contributed by atoms with van der Waals surface area (Å²) in [5.74, 6) is 0.173. The van der Waals surface area contributed by atoms with E-state index in [0.717, 1.165) is 17.8 Å². The maximum atomic E-state index is 12.4. The molecule has 1 aliphatic heterocycles. The molecule has 6 heteroatoms. The molecular formula is C17H21N3O2S. The first-order valence-electron chi connectivity index (χ1n) is 7.77. The minimum Gasteiger partial charge on any atom is -0.399 e. The van der Waals surface area contributed by atoms with E-state index in [1.165, 1.54) is 4.88 Å². The van der Waals surface area contributed by atoms with Crippen LogP contribution < -0.4 is 5.73 Å². The van der Waals surface area contributed by atoms with Crippen molar-refractivity contribution in [3.05, 3.63) is 45.9 Å². The molecule has 2 N–H and O–H groups in total. The number of carbonyl (C=O) groups is 1. The van der Waals surface area contributed by atoms with Crippen molar-refractivity contribution in [2.24, 2.45) is 0 Å². The summed E-state index contributed by atoms with van der Waals surface area (Å²) in [5, 5.41) is 2.04. The van der Waals surface area contributed by atoms with Crippen LogP contribution in [0.15, 0.2) is 29.6 Å². The summed E-state index contributed by atoms with van der Waals surface area (Å²) >= 11 is 1.69. The number of pyridine rings is 1. The van der Waals surface area contributed by atoms with Crippen molar-refractivity contribution < 1.29 is 9.53 Å². The molecule has 1 fully saturated rings. The molecule has 23 heavy (non-hydrogen) atoms. The second-order valence-electron chi connectivity index (χ2n) is 5.75. The zero-order valence-electron chi connectivity index (χ0n) is 13.2. The van der Waals surface area contributed by atoms with Gasteiger partial charge in [-0.05, 0) is 36.9 Å². The number of ether oxygens (including phenoxy) is 1. The molecule has 0 bridgehead atoms. The number of nitrogens with zero attached hydrogens (tertiary/aromatic N) is 2. The number of rotatable bonds is 4. The molecule has 0 aromatic carbocycles. The molecule has 1 aliphatic rings. The van der Waals surface area contributed by atoms with E-state index in [4.69, 9.17) is 10.5 Å². The van der Waals surface area contributed by atoms with Crippen LogP contribution >= 0.6 is 11.3 Å². The Bertz CT molecular complexity index is 652.